The van der Waals surface area contributed by atoms with E-state index in [2.05, 4.69) is 28.0 Å². The number of nitrogens with zero attached hydrogens (tertiary/aromatic N) is 2. The number of carbonyl (C=O) groups excluding carboxylic acids is 2. The van der Waals surface area contributed by atoms with Gasteiger partial charge in [-0.2, -0.15) is 5.10 Å². The first kappa shape index (κ1) is 18.8. The number of fused-ring (bicyclic) bond motifs is 1. The van der Waals surface area contributed by atoms with E-state index in [0.717, 1.165) is 41.8 Å². The zero-order valence-electron chi connectivity index (χ0n) is 15.8. The highest BCUT2D eigenvalue weighted by Gasteiger charge is 2.28. The van der Waals surface area contributed by atoms with Gasteiger partial charge in [-0.15, -0.1) is 11.3 Å². The summed E-state index contributed by atoms with van der Waals surface area (Å²) in [7, 11) is 1.87. The minimum absolute atomic E-state index is 0.126. The average Bonchev–Trinajstić information content (AvgIpc) is 3.15. The molecule has 1 fully saturated rings. The van der Waals surface area contributed by atoms with E-state index in [4.69, 9.17) is 0 Å². The Morgan fingerprint density at radius 3 is 2.77 bits per heavy atom. The van der Waals surface area contributed by atoms with Crippen molar-refractivity contribution >= 4 is 33.4 Å². The predicted octanol–water partition coefficient (Wildman–Crippen LogP) is 1.57. The molecular formula is C18H27N5O2S. The fourth-order valence-electron chi connectivity index (χ4n) is 3.31. The van der Waals surface area contributed by atoms with Crippen molar-refractivity contribution in [1.29, 1.82) is 0 Å². The fourth-order valence-corrected chi connectivity index (χ4v) is 4.34. The molecule has 1 aliphatic rings. The standard InChI is InChI=1S/C18H27N5O2S/c1-11-13-9-14(26-17(13)23(4)22-11)16(25)21-12(2)15(24)20-10-18(3)5-7-19-8-6-18/h9,12,19H,5-8,10H2,1-4H3,(H,20,24)(H,21,25). The summed E-state index contributed by atoms with van der Waals surface area (Å²) in [6, 6.07) is 1.27. The van der Waals surface area contributed by atoms with Crippen LogP contribution in [0.2, 0.25) is 0 Å². The van der Waals surface area contributed by atoms with Crippen molar-refractivity contribution in [1.82, 2.24) is 25.7 Å². The molecule has 142 valence electrons. The van der Waals surface area contributed by atoms with Gasteiger partial charge >= 0.3 is 0 Å². The van der Waals surface area contributed by atoms with Crippen molar-refractivity contribution in [3.8, 4) is 0 Å². The van der Waals surface area contributed by atoms with Crippen LogP contribution in [-0.4, -0.2) is 47.3 Å². The third-order valence-electron chi connectivity index (χ3n) is 5.16. The SMILES string of the molecule is Cc1nn(C)c2sc(C(=O)NC(C)C(=O)NCC3(C)CCNCC3)cc12. The van der Waals surface area contributed by atoms with Crippen molar-refractivity contribution < 1.29 is 9.59 Å². The van der Waals surface area contributed by atoms with Crippen LogP contribution in [0.5, 0.6) is 0 Å². The van der Waals surface area contributed by atoms with Crippen LogP contribution in [0.1, 0.15) is 42.1 Å². The summed E-state index contributed by atoms with van der Waals surface area (Å²) in [6.45, 7) is 8.45. The van der Waals surface area contributed by atoms with Gasteiger partial charge in [-0.1, -0.05) is 6.92 Å². The molecular weight excluding hydrogens is 350 g/mol. The van der Waals surface area contributed by atoms with Crippen LogP contribution in [0.4, 0.5) is 0 Å². The Morgan fingerprint density at radius 2 is 2.12 bits per heavy atom. The number of rotatable bonds is 5. The Morgan fingerprint density at radius 1 is 1.42 bits per heavy atom. The predicted molar refractivity (Wildman–Crippen MR) is 103 cm³/mol. The Balaban J connectivity index is 1.57. The molecule has 3 rings (SSSR count). The van der Waals surface area contributed by atoms with E-state index in [9.17, 15) is 9.59 Å². The highest BCUT2D eigenvalue weighted by atomic mass is 32.1. The van der Waals surface area contributed by atoms with Crippen LogP contribution < -0.4 is 16.0 Å². The molecule has 3 N–H and O–H groups in total. The number of aromatic nitrogens is 2. The van der Waals surface area contributed by atoms with Crippen molar-refractivity contribution in [3.05, 3.63) is 16.6 Å². The largest absolute Gasteiger partial charge is 0.354 e. The quantitative estimate of drug-likeness (QED) is 0.738. The van der Waals surface area contributed by atoms with E-state index in [1.807, 2.05) is 20.0 Å². The van der Waals surface area contributed by atoms with Crippen LogP contribution >= 0.6 is 11.3 Å². The summed E-state index contributed by atoms with van der Waals surface area (Å²) in [5.41, 5.74) is 1.03. The van der Waals surface area contributed by atoms with Gasteiger partial charge in [0.05, 0.1) is 10.6 Å². The zero-order valence-corrected chi connectivity index (χ0v) is 16.6. The molecule has 0 radical (unpaired) electrons. The number of hydrogen-bond acceptors (Lipinski definition) is 5. The molecule has 2 amide bonds. The van der Waals surface area contributed by atoms with Crippen molar-refractivity contribution in [3.63, 3.8) is 0 Å². The van der Waals surface area contributed by atoms with Crippen LogP contribution in [0.15, 0.2) is 6.07 Å². The highest BCUT2D eigenvalue weighted by Crippen LogP contribution is 2.28. The second kappa shape index (κ2) is 7.36. The normalized spacial score (nSPS) is 17.8. The lowest BCUT2D eigenvalue weighted by molar-refractivity contribution is -0.123. The van der Waals surface area contributed by atoms with Crippen molar-refractivity contribution in [2.45, 2.75) is 39.7 Å². The topological polar surface area (TPSA) is 88.0 Å². The van der Waals surface area contributed by atoms with E-state index in [-0.39, 0.29) is 17.2 Å². The molecule has 3 heterocycles. The lowest BCUT2D eigenvalue weighted by Crippen LogP contribution is -2.49. The lowest BCUT2D eigenvalue weighted by Gasteiger charge is -2.34. The van der Waals surface area contributed by atoms with Gasteiger partial charge in [-0.25, -0.2) is 0 Å². The second-order valence-electron chi connectivity index (χ2n) is 7.51. The van der Waals surface area contributed by atoms with E-state index >= 15 is 0 Å². The Bertz CT molecular complexity index is 785. The smallest absolute Gasteiger partial charge is 0.262 e. The summed E-state index contributed by atoms with van der Waals surface area (Å²) < 4.78 is 1.78. The maximum absolute atomic E-state index is 12.5. The number of piperidine rings is 1. The Kier molecular flexibility index (Phi) is 5.34. The number of aryl methyl sites for hydroxylation is 2. The maximum atomic E-state index is 12.5. The number of amides is 2. The van der Waals surface area contributed by atoms with Gasteiger partial charge < -0.3 is 16.0 Å². The molecule has 0 spiro atoms. The molecule has 0 aliphatic carbocycles. The van der Waals surface area contributed by atoms with Crippen LogP contribution in [0.25, 0.3) is 10.2 Å². The monoisotopic (exact) mass is 377 g/mol. The first-order valence-corrected chi connectivity index (χ1v) is 9.83. The molecule has 0 aromatic carbocycles. The molecule has 2 aromatic rings. The van der Waals surface area contributed by atoms with Crippen molar-refractivity contribution in [2.75, 3.05) is 19.6 Å². The maximum Gasteiger partial charge on any atom is 0.262 e. The molecule has 0 saturated carbocycles. The second-order valence-corrected chi connectivity index (χ2v) is 8.54. The minimum Gasteiger partial charge on any atom is -0.354 e. The number of hydrogen-bond donors (Lipinski definition) is 3. The number of thiophene rings is 1. The van der Waals surface area contributed by atoms with Gasteiger partial charge in [0.2, 0.25) is 5.91 Å². The van der Waals surface area contributed by atoms with E-state index in [1.54, 1.807) is 11.6 Å². The van der Waals surface area contributed by atoms with Gasteiger partial charge in [0.1, 0.15) is 10.9 Å². The fraction of sp³-hybridized carbons (Fsp3) is 0.611. The van der Waals surface area contributed by atoms with Crippen molar-refractivity contribution in [2.24, 2.45) is 12.5 Å². The van der Waals surface area contributed by atoms with Crippen LogP contribution in [-0.2, 0) is 11.8 Å². The molecule has 1 saturated heterocycles. The Labute approximate surface area is 157 Å². The molecule has 1 atom stereocenters. The van der Waals surface area contributed by atoms with E-state index in [0.29, 0.717) is 11.4 Å². The molecule has 1 aliphatic heterocycles. The molecule has 26 heavy (non-hydrogen) atoms. The molecule has 1 unspecified atom stereocenters. The van der Waals surface area contributed by atoms with Gasteiger partial charge in [0.15, 0.2) is 0 Å². The molecule has 0 bridgehead atoms. The lowest BCUT2D eigenvalue weighted by atomic mass is 9.81. The van der Waals surface area contributed by atoms with Gasteiger partial charge in [-0.05, 0) is 51.3 Å². The third-order valence-corrected chi connectivity index (χ3v) is 6.36. The van der Waals surface area contributed by atoms with Crippen LogP contribution in [0, 0.1) is 12.3 Å². The van der Waals surface area contributed by atoms with Gasteiger partial charge in [-0.3, -0.25) is 14.3 Å². The van der Waals surface area contributed by atoms with E-state index in [1.165, 1.54) is 11.3 Å². The Hall–Kier alpha value is -1.93. The van der Waals surface area contributed by atoms with Gasteiger partial charge in [0.25, 0.3) is 5.91 Å². The summed E-state index contributed by atoms with van der Waals surface area (Å²) >= 11 is 1.39. The molecule has 8 heteroatoms. The molecule has 7 nitrogen and oxygen atoms in total. The number of nitrogens with one attached hydrogen (secondary N) is 3. The summed E-state index contributed by atoms with van der Waals surface area (Å²) in [4.78, 5) is 26.4. The van der Waals surface area contributed by atoms with E-state index < -0.39 is 6.04 Å². The first-order chi connectivity index (χ1) is 12.3. The molecule has 2 aromatic heterocycles. The minimum atomic E-state index is -0.572. The average molecular weight is 378 g/mol. The third kappa shape index (κ3) is 3.91. The van der Waals surface area contributed by atoms with Crippen LogP contribution in [0.3, 0.4) is 0 Å². The first-order valence-electron chi connectivity index (χ1n) is 9.01. The highest BCUT2D eigenvalue weighted by molar-refractivity contribution is 7.20. The van der Waals surface area contributed by atoms with Gasteiger partial charge in [0, 0.05) is 19.0 Å². The number of carbonyl (C=O) groups is 2. The summed E-state index contributed by atoms with van der Waals surface area (Å²) in [5.74, 6) is -0.363. The summed E-state index contributed by atoms with van der Waals surface area (Å²) in [5, 5.41) is 14.5. The zero-order chi connectivity index (χ0) is 18.9. The summed E-state index contributed by atoms with van der Waals surface area (Å²) in [6.07, 6.45) is 2.09.